The molecule has 0 unspecified atom stereocenters. The second-order valence-electron chi connectivity index (χ2n) is 5.23. The summed E-state index contributed by atoms with van der Waals surface area (Å²) < 4.78 is 11.6. The van der Waals surface area contributed by atoms with Crippen LogP contribution in [0.3, 0.4) is 0 Å². The van der Waals surface area contributed by atoms with Crippen LogP contribution in [0.1, 0.15) is 15.9 Å². The number of benzene rings is 2. The number of methoxy groups -OCH3 is 1. The second kappa shape index (κ2) is 5.55. The molecule has 1 aliphatic rings. The van der Waals surface area contributed by atoms with E-state index in [2.05, 4.69) is 10.3 Å². The molecule has 3 aromatic rings. The molecule has 0 bridgehead atoms. The van der Waals surface area contributed by atoms with E-state index >= 15 is 0 Å². The predicted octanol–water partition coefficient (Wildman–Crippen LogP) is 3.49. The minimum absolute atomic E-state index is 0.161. The fourth-order valence-electron chi connectivity index (χ4n) is 2.58. The van der Waals surface area contributed by atoms with E-state index in [4.69, 9.17) is 9.47 Å². The van der Waals surface area contributed by atoms with Gasteiger partial charge in [0, 0.05) is 12.0 Å². The number of fused-ring (bicyclic) bond motifs is 2. The van der Waals surface area contributed by atoms with Gasteiger partial charge < -0.3 is 9.47 Å². The van der Waals surface area contributed by atoms with Crippen molar-refractivity contribution in [2.45, 2.75) is 6.42 Å². The zero-order valence-corrected chi connectivity index (χ0v) is 13.3. The minimum Gasteiger partial charge on any atom is -0.497 e. The number of carbonyl (C=O) groups is 1. The van der Waals surface area contributed by atoms with Crippen molar-refractivity contribution < 1.29 is 14.3 Å². The lowest BCUT2D eigenvalue weighted by atomic mass is 10.1. The van der Waals surface area contributed by atoms with E-state index in [0.29, 0.717) is 17.3 Å². The van der Waals surface area contributed by atoms with Gasteiger partial charge in [-0.05, 0) is 42.0 Å². The summed E-state index contributed by atoms with van der Waals surface area (Å²) in [5.41, 5.74) is 2.53. The van der Waals surface area contributed by atoms with Crippen molar-refractivity contribution in [2.75, 3.05) is 19.0 Å². The lowest BCUT2D eigenvalue weighted by Crippen LogP contribution is -2.11. The molecular weight excluding hydrogens is 312 g/mol. The molecule has 4 rings (SSSR count). The fourth-order valence-corrected chi connectivity index (χ4v) is 3.47. The van der Waals surface area contributed by atoms with E-state index in [1.165, 1.54) is 11.3 Å². The third-order valence-corrected chi connectivity index (χ3v) is 4.70. The van der Waals surface area contributed by atoms with Crippen LogP contribution in [0.4, 0.5) is 5.13 Å². The molecule has 23 heavy (non-hydrogen) atoms. The number of hydrogen-bond donors (Lipinski definition) is 1. The Morgan fingerprint density at radius 2 is 2.22 bits per heavy atom. The van der Waals surface area contributed by atoms with Crippen LogP contribution in [0.25, 0.3) is 10.2 Å². The standard InChI is InChI=1S/C17H14N2O3S/c1-21-12-3-4-13-15(9-12)23-17(18-13)19-16(20)11-2-5-14-10(8-11)6-7-22-14/h2-5,8-9H,6-7H2,1H3,(H,18,19,20). The number of carbonyl (C=O) groups excluding carboxylic acids is 1. The molecule has 1 aromatic heterocycles. The molecule has 6 heteroatoms. The quantitative estimate of drug-likeness (QED) is 0.800. The van der Waals surface area contributed by atoms with Crippen LogP contribution >= 0.6 is 11.3 Å². The number of ether oxygens (including phenoxy) is 2. The van der Waals surface area contributed by atoms with Crippen LogP contribution in [0.2, 0.25) is 0 Å². The zero-order valence-electron chi connectivity index (χ0n) is 12.5. The Morgan fingerprint density at radius 3 is 3.09 bits per heavy atom. The van der Waals surface area contributed by atoms with E-state index in [-0.39, 0.29) is 5.91 Å². The van der Waals surface area contributed by atoms with Crippen molar-refractivity contribution in [3.63, 3.8) is 0 Å². The Kier molecular flexibility index (Phi) is 3.38. The molecule has 0 atom stereocenters. The molecule has 0 spiro atoms. The van der Waals surface area contributed by atoms with E-state index in [1.54, 1.807) is 13.2 Å². The van der Waals surface area contributed by atoms with Crippen LogP contribution in [0.15, 0.2) is 36.4 Å². The summed E-state index contributed by atoms with van der Waals surface area (Å²) in [5, 5.41) is 3.44. The lowest BCUT2D eigenvalue weighted by molar-refractivity contribution is 0.102. The maximum Gasteiger partial charge on any atom is 0.257 e. The van der Waals surface area contributed by atoms with Crippen LogP contribution in [-0.4, -0.2) is 24.6 Å². The van der Waals surface area contributed by atoms with Gasteiger partial charge in [0.05, 0.1) is 23.9 Å². The Morgan fingerprint density at radius 1 is 1.30 bits per heavy atom. The van der Waals surface area contributed by atoms with Gasteiger partial charge in [-0.1, -0.05) is 11.3 Å². The summed E-state index contributed by atoms with van der Waals surface area (Å²) in [5.74, 6) is 1.48. The summed E-state index contributed by atoms with van der Waals surface area (Å²) in [6.45, 7) is 0.681. The van der Waals surface area contributed by atoms with Crippen molar-refractivity contribution in [1.82, 2.24) is 4.98 Å². The zero-order chi connectivity index (χ0) is 15.8. The van der Waals surface area contributed by atoms with E-state index in [1.807, 2.05) is 30.3 Å². The highest BCUT2D eigenvalue weighted by Crippen LogP contribution is 2.30. The van der Waals surface area contributed by atoms with Crippen molar-refractivity contribution in [1.29, 1.82) is 0 Å². The summed E-state index contributed by atoms with van der Waals surface area (Å²) in [6.07, 6.45) is 0.845. The summed E-state index contributed by atoms with van der Waals surface area (Å²) in [4.78, 5) is 16.8. The van der Waals surface area contributed by atoms with E-state index in [9.17, 15) is 4.79 Å². The first-order valence-corrected chi connectivity index (χ1v) is 8.06. The number of amides is 1. The Bertz CT molecular complexity index is 904. The summed E-state index contributed by atoms with van der Waals surface area (Å²) >= 11 is 1.43. The molecule has 0 fully saturated rings. The van der Waals surface area contributed by atoms with Crippen molar-refractivity contribution in [3.8, 4) is 11.5 Å². The van der Waals surface area contributed by atoms with E-state index < -0.39 is 0 Å². The summed E-state index contributed by atoms with van der Waals surface area (Å²) in [6, 6.07) is 11.2. The van der Waals surface area contributed by atoms with Gasteiger partial charge >= 0.3 is 0 Å². The third kappa shape index (κ3) is 2.61. The van der Waals surface area contributed by atoms with Crippen LogP contribution in [-0.2, 0) is 6.42 Å². The predicted molar refractivity (Wildman–Crippen MR) is 89.8 cm³/mol. The number of anilines is 1. The van der Waals surface area contributed by atoms with Crippen LogP contribution < -0.4 is 14.8 Å². The first-order valence-electron chi connectivity index (χ1n) is 7.24. The molecule has 0 saturated heterocycles. The maximum atomic E-state index is 12.4. The number of nitrogens with zero attached hydrogens (tertiary/aromatic N) is 1. The highest BCUT2D eigenvalue weighted by atomic mass is 32.1. The molecule has 0 aliphatic carbocycles. The first-order chi connectivity index (χ1) is 11.2. The minimum atomic E-state index is -0.161. The van der Waals surface area contributed by atoms with Gasteiger partial charge in [-0.15, -0.1) is 0 Å². The molecule has 1 N–H and O–H groups in total. The molecule has 0 saturated carbocycles. The van der Waals surface area contributed by atoms with Gasteiger partial charge in [0.25, 0.3) is 5.91 Å². The molecule has 1 amide bonds. The van der Waals surface area contributed by atoms with Gasteiger partial charge in [-0.2, -0.15) is 0 Å². The second-order valence-corrected chi connectivity index (χ2v) is 6.26. The monoisotopic (exact) mass is 326 g/mol. The van der Waals surface area contributed by atoms with Crippen molar-refractivity contribution in [3.05, 3.63) is 47.5 Å². The average Bonchev–Trinajstić information content (AvgIpc) is 3.18. The SMILES string of the molecule is COc1ccc2nc(NC(=O)c3ccc4c(c3)CCO4)sc2c1. The van der Waals surface area contributed by atoms with Crippen LogP contribution in [0, 0.1) is 0 Å². The van der Waals surface area contributed by atoms with E-state index in [0.717, 1.165) is 33.7 Å². The van der Waals surface area contributed by atoms with Crippen LogP contribution in [0.5, 0.6) is 11.5 Å². The molecule has 0 radical (unpaired) electrons. The van der Waals surface area contributed by atoms with Gasteiger partial charge in [-0.3, -0.25) is 10.1 Å². The number of thiazole rings is 1. The number of rotatable bonds is 3. The van der Waals surface area contributed by atoms with Crippen molar-refractivity contribution in [2.24, 2.45) is 0 Å². The highest BCUT2D eigenvalue weighted by Gasteiger charge is 2.16. The van der Waals surface area contributed by atoms with Gasteiger partial charge in [0.1, 0.15) is 11.5 Å². The third-order valence-electron chi connectivity index (χ3n) is 3.77. The lowest BCUT2D eigenvalue weighted by Gasteiger charge is -2.03. The smallest absolute Gasteiger partial charge is 0.257 e. The molecule has 116 valence electrons. The van der Waals surface area contributed by atoms with Crippen molar-refractivity contribution >= 4 is 32.6 Å². The first kappa shape index (κ1) is 14.0. The topological polar surface area (TPSA) is 60.5 Å². The molecule has 5 nitrogen and oxygen atoms in total. The van der Waals surface area contributed by atoms with Gasteiger partial charge in [0.2, 0.25) is 0 Å². The summed E-state index contributed by atoms with van der Waals surface area (Å²) in [7, 11) is 1.63. The number of aromatic nitrogens is 1. The highest BCUT2D eigenvalue weighted by molar-refractivity contribution is 7.22. The maximum absolute atomic E-state index is 12.4. The Balaban J connectivity index is 1.58. The number of hydrogen-bond acceptors (Lipinski definition) is 5. The number of nitrogens with one attached hydrogen (secondary N) is 1. The van der Waals surface area contributed by atoms with Gasteiger partial charge in [-0.25, -0.2) is 4.98 Å². The molecule has 2 heterocycles. The molecular formula is C17H14N2O3S. The fraction of sp³-hybridized carbons (Fsp3) is 0.176. The Hall–Kier alpha value is -2.60. The Labute approximate surface area is 136 Å². The largest absolute Gasteiger partial charge is 0.497 e. The average molecular weight is 326 g/mol. The molecule has 2 aromatic carbocycles. The molecule has 1 aliphatic heterocycles. The normalized spacial score (nSPS) is 12.7. The van der Waals surface area contributed by atoms with Gasteiger partial charge in [0.15, 0.2) is 5.13 Å².